The third kappa shape index (κ3) is 7.01. The van der Waals surface area contributed by atoms with E-state index in [1.165, 1.54) is 28.5 Å². The maximum atomic E-state index is 13.0. The van der Waals surface area contributed by atoms with Crippen LogP contribution in [0.3, 0.4) is 0 Å². The van der Waals surface area contributed by atoms with Gasteiger partial charge in [-0.15, -0.1) is 16.9 Å². The summed E-state index contributed by atoms with van der Waals surface area (Å²) in [5, 5.41) is 30.6. The lowest BCUT2D eigenvalue weighted by Gasteiger charge is -2.53. The monoisotopic (exact) mass is 643 g/mol. The molecule has 0 aromatic carbocycles. The highest BCUT2D eigenvalue weighted by atomic mass is 32.2. The van der Waals surface area contributed by atoms with Gasteiger partial charge in [0.05, 0.1) is 6.54 Å². The number of anilines is 1. The number of oxime groups is 1. The minimum atomic E-state index is -1.30. The number of aromatic nitrogens is 6. The van der Waals surface area contributed by atoms with Gasteiger partial charge in [0.2, 0.25) is 22.6 Å². The Labute approximate surface area is 251 Å². The topological polar surface area (TPSA) is 242 Å². The third-order valence-corrected chi connectivity index (χ3v) is 9.28. The van der Waals surface area contributed by atoms with Crippen molar-refractivity contribution in [2.45, 2.75) is 49.5 Å². The lowest BCUT2D eigenvalue weighted by Crippen LogP contribution is -2.74. The molecule has 2 saturated heterocycles. The van der Waals surface area contributed by atoms with Crippen molar-refractivity contribution in [3.05, 3.63) is 5.82 Å². The zero-order valence-corrected chi connectivity index (χ0v) is 25.4. The molecule has 2 aliphatic heterocycles. The van der Waals surface area contributed by atoms with Crippen LogP contribution in [0.4, 0.5) is 9.93 Å². The molecule has 2 aliphatic rings. The lowest BCUT2D eigenvalue weighted by atomic mass is 9.89. The Kier molecular flexibility index (Phi) is 9.40. The Bertz CT molecular complexity index is 1380. The summed E-state index contributed by atoms with van der Waals surface area (Å²) in [7, 11) is 1.25. The average Bonchev–Trinajstić information content (AvgIpc) is 3.56. The summed E-state index contributed by atoms with van der Waals surface area (Å²) in [5.41, 5.74) is 3.42. The van der Waals surface area contributed by atoms with Gasteiger partial charge < -0.3 is 35.9 Å². The maximum absolute atomic E-state index is 13.0. The van der Waals surface area contributed by atoms with E-state index in [0.29, 0.717) is 5.16 Å². The van der Waals surface area contributed by atoms with Crippen LogP contribution in [-0.2, 0) is 30.5 Å². The number of carboxylic acids is 1. The van der Waals surface area contributed by atoms with Gasteiger partial charge in [0.15, 0.2) is 5.13 Å². The number of β-lactam (4-membered cyclic amide) rings is 1. The summed E-state index contributed by atoms with van der Waals surface area (Å²) in [4.78, 5) is 60.3. The van der Waals surface area contributed by atoms with Crippen molar-refractivity contribution in [2.24, 2.45) is 10.6 Å². The van der Waals surface area contributed by atoms with E-state index < -0.39 is 46.3 Å². The van der Waals surface area contributed by atoms with Gasteiger partial charge in [-0.3, -0.25) is 14.4 Å². The summed E-state index contributed by atoms with van der Waals surface area (Å²) < 4.78 is 10.6. The number of thioether (sulfide) groups is 2. The molecule has 2 unspecified atom stereocenters. The third-order valence-electron chi connectivity index (χ3n) is 5.90. The van der Waals surface area contributed by atoms with Crippen molar-refractivity contribution in [3.63, 3.8) is 0 Å². The van der Waals surface area contributed by atoms with Gasteiger partial charge in [0.25, 0.3) is 5.91 Å². The number of hydrogen-bond acceptors (Lipinski definition) is 16. The molecular formula is C21H29N11O7S3. The molecule has 42 heavy (non-hydrogen) atoms. The first-order valence-corrected chi connectivity index (χ1v) is 15.2. The standard InChI is InChI=1S/C21H29N11O7S3/c1-20(2,3)39-19(37)23-5-6-32-18(26-29-30-32)41-9-21(16(35)36)7-31-14(34)11(15(31)40-8-21)24-13(33)10(27-38-4)12-25-17(22)42-28-12/h11,15H,5-9H2,1-4H3,(H,23,37)(H,24,33)(H,35,36)(H2,22,25,28)/t11?,15-,21?/m1/s1. The number of nitrogens with zero attached hydrogens (tertiary/aromatic N) is 8. The van der Waals surface area contributed by atoms with Crippen molar-refractivity contribution >= 4 is 69.8 Å². The number of nitrogens with one attached hydrogen (secondary N) is 2. The molecule has 0 aliphatic carbocycles. The Hall–Kier alpha value is -3.72. The second kappa shape index (κ2) is 12.7. The smallest absolute Gasteiger partial charge is 0.407 e. The molecule has 2 aromatic rings. The minimum absolute atomic E-state index is 0.0401. The molecule has 4 heterocycles. The molecule has 2 fully saturated rings. The fourth-order valence-electron chi connectivity index (χ4n) is 3.94. The van der Waals surface area contributed by atoms with Gasteiger partial charge in [-0.1, -0.05) is 16.9 Å². The number of aliphatic carboxylic acids is 1. The molecule has 228 valence electrons. The van der Waals surface area contributed by atoms with Gasteiger partial charge in [-0.25, -0.2) is 9.48 Å². The summed E-state index contributed by atoms with van der Waals surface area (Å²) in [6.07, 6.45) is -0.580. The number of carbonyl (C=O) groups excluding carboxylic acids is 3. The van der Waals surface area contributed by atoms with Crippen LogP contribution in [0.2, 0.25) is 0 Å². The number of alkyl carbamates (subject to hydrolysis) is 1. The first-order chi connectivity index (χ1) is 19.8. The highest BCUT2D eigenvalue weighted by Gasteiger charge is 2.57. The number of nitrogen functional groups attached to an aromatic ring is 1. The van der Waals surface area contributed by atoms with E-state index in [2.05, 4.69) is 40.7 Å². The van der Waals surface area contributed by atoms with E-state index in [-0.39, 0.29) is 47.8 Å². The van der Waals surface area contributed by atoms with Gasteiger partial charge >= 0.3 is 12.1 Å². The quantitative estimate of drug-likeness (QED) is 0.102. The molecule has 3 atom stereocenters. The maximum Gasteiger partial charge on any atom is 0.407 e. The van der Waals surface area contributed by atoms with Crippen molar-refractivity contribution < 1.29 is 33.9 Å². The zero-order chi connectivity index (χ0) is 30.7. The summed E-state index contributed by atoms with van der Waals surface area (Å²) in [6.45, 7) is 5.61. The number of nitrogens with two attached hydrogens (primary N) is 1. The van der Waals surface area contributed by atoms with Crippen LogP contribution < -0.4 is 16.4 Å². The van der Waals surface area contributed by atoms with Crippen LogP contribution in [0.5, 0.6) is 0 Å². The number of carboxylic acid groups (broad SMARTS) is 1. The minimum Gasteiger partial charge on any atom is -0.481 e. The number of hydrogen-bond donors (Lipinski definition) is 4. The molecule has 0 saturated carbocycles. The normalized spacial score (nSPS) is 22.1. The summed E-state index contributed by atoms with van der Waals surface area (Å²) >= 11 is 3.25. The number of tetrazole rings is 1. The molecule has 2 aromatic heterocycles. The lowest BCUT2D eigenvalue weighted by molar-refractivity contribution is -0.157. The molecule has 5 N–H and O–H groups in total. The van der Waals surface area contributed by atoms with E-state index in [9.17, 15) is 24.3 Å². The number of ether oxygens (including phenoxy) is 1. The van der Waals surface area contributed by atoms with Crippen LogP contribution in [0, 0.1) is 5.41 Å². The van der Waals surface area contributed by atoms with Crippen molar-refractivity contribution in [2.75, 3.05) is 37.4 Å². The van der Waals surface area contributed by atoms with Crippen LogP contribution in [0.15, 0.2) is 10.3 Å². The van der Waals surface area contributed by atoms with E-state index in [1.54, 1.807) is 20.8 Å². The molecular weight excluding hydrogens is 615 g/mol. The fourth-order valence-corrected chi connectivity index (χ4v) is 7.14. The molecule has 18 nitrogen and oxygen atoms in total. The van der Waals surface area contributed by atoms with Crippen molar-refractivity contribution in [3.8, 4) is 0 Å². The Morgan fingerprint density at radius 1 is 1.33 bits per heavy atom. The van der Waals surface area contributed by atoms with Gasteiger partial charge in [-0.2, -0.15) is 9.36 Å². The van der Waals surface area contributed by atoms with Gasteiger partial charge in [0, 0.05) is 36.1 Å². The van der Waals surface area contributed by atoms with Crippen LogP contribution >= 0.6 is 35.1 Å². The molecule has 0 bridgehead atoms. The van der Waals surface area contributed by atoms with Crippen LogP contribution in [-0.4, -0.2) is 118 Å². The predicted octanol–water partition coefficient (Wildman–Crippen LogP) is -0.755. The van der Waals surface area contributed by atoms with Crippen molar-refractivity contribution in [1.82, 2.24) is 45.1 Å². The first-order valence-electron chi connectivity index (χ1n) is 12.4. The number of amides is 3. The average molecular weight is 644 g/mol. The van der Waals surface area contributed by atoms with E-state index in [0.717, 1.165) is 23.3 Å². The second-order valence-electron chi connectivity index (χ2n) is 10.2. The summed E-state index contributed by atoms with van der Waals surface area (Å²) in [5.74, 6) is -2.04. The SMILES string of the molecule is CON=C(C(=O)NC1C(=O)N2CC(CSc3nnnn3CCNC(=O)OC(C)(C)C)(C(=O)O)CS[C@H]12)c1nsc(N)n1. The first kappa shape index (κ1) is 31.2. The Morgan fingerprint density at radius 2 is 2.10 bits per heavy atom. The molecule has 21 heteroatoms. The van der Waals surface area contributed by atoms with Gasteiger partial charge in [-0.05, 0) is 31.2 Å². The zero-order valence-electron chi connectivity index (χ0n) is 23.0. The number of carbonyl (C=O) groups is 4. The van der Waals surface area contributed by atoms with E-state index in [4.69, 9.17) is 15.3 Å². The predicted molar refractivity (Wildman–Crippen MR) is 151 cm³/mol. The molecule has 0 radical (unpaired) electrons. The number of fused-ring (bicyclic) bond motifs is 1. The molecule has 0 spiro atoms. The highest BCUT2D eigenvalue weighted by molar-refractivity contribution is 8.00. The Morgan fingerprint density at radius 3 is 2.74 bits per heavy atom. The number of rotatable bonds is 11. The molecule has 3 amide bonds. The second-order valence-corrected chi connectivity index (χ2v) is 13.0. The largest absolute Gasteiger partial charge is 0.481 e. The summed E-state index contributed by atoms with van der Waals surface area (Å²) in [6, 6.07) is -0.898. The fraction of sp³-hybridized carbons (Fsp3) is 0.619. The van der Waals surface area contributed by atoms with E-state index in [1.807, 2.05) is 0 Å². The van der Waals surface area contributed by atoms with Crippen LogP contribution in [0.1, 0.15) is 26.6 Å². The van der Waals surface area contributed by atoms with E-state index >= 15 is 0 Å². The van der Waals surface area contributed by atoms with Crippen LogP contribution in [0.25, 0.3) is 0 Å². The Balaban J connectivity index is 1.34. The van der Waals surface area contributed by atoms with Gasteiger partial charge in [0.1, 0.15) is 29.5 Å². The highest BCUT2D eigenvalue weighted by Crippen LogP contribution is 2.44. The van der Waals surface area contributed by atoms with Crippen molar-refractivity contribution in [1.29, 1.82) is 0 Å². The molecule has 4 rings (SSSR count).